The molecule has 5 aromatic rings. The fourth-order valence-corrected chi connectivity index (χ4v) is 3.50. The van der Waals surface area contributed by atoms with Crippen LogP contribution in [0.3, 0.4) is 0 Å². The van der Waals surface area contributed by atoms with E-state index < -0.39 is 0 Å². The zero-order valence-corrected chi connectivity index (χ0v) is 15.7. The number of methoxy groups -OCH3 is 2. The Bertz CT molecular complexity index is 1330. The predicted octanol–water partition coefficient (Wildman–Crippen LogP) is 3.29. The number of aromatic nitrogens is 4. The van der Waals surface area contributed by atoms with Gasteiger partial charge in [-0.3, -0.25) is 0 Å². The molecule has 1 N–H and O–H groups in total. The van der Waals surface area contributed by atoms with Crippen LogP contribution in [0, 0.1) is 5.21 Å². The van der Waals surface area contributed by atoms with E-state index in [0.717, 1.165) is 9.46 Å². The lowest BCUT2D eigenvalue weighted by molar-refractivity contribution is -0.548. The second-order valence-corrected chi connectivity index (χ2v) is 6.54. The zero-order chi connectivity index (χ0) is 20.1. The van der Waals surface area contributed by atoms with Gasteiger partial charge in [0, 0.05) is 18.2 Å². The molecule has 8 heteroatoms. The lowest BCUT2D eigenvalue weighted by atomic mass is 10.2. The van der Waals surface area contributed by atoms with E-state index in [-0.39, 0.29) is 0 Å². The molecule has 0 saturated heterocycles. The highest BCUT2D eigenvalue weighted by Crippen LogP contribution is 2.33. The van der Waals surface area contributed by atoms with Gasteiger partial charge >= 0.3 is 0 Å². The Morgan fingerprint density at radius 3 is 2.41 bits per heavy atom. The molecule has 0 aliphatic heterocycles. The molecule has 0 aliphatic carbocycles. The van der Waals surface area contributed by atoms with Gasteiger partial charge in [-0.05, 0) is 24.3 Å². The Hall–Kier alpha value is -4.07. The van der Waals surface area contributed by atoms with Crippen molar-refractivity contribution in [3.8, 4) is 22.9 Å². The molecule has 2 aromatic heterocycles. The van der Waals surface area contributed by atoms with Crippen molar-refractivity contribution in [3.05, 3.63) is 59.8 Å². The van der Waals surface area contributed by atoms with Crippen molar-refractivity contribution in [2.24, 2.45) is 0 Å². The summed E-state index contributed by atoms with van der Waals surface area (Å²) in [5.74, 6) is 1.70. The van der Waals surface area contributed by atoms with Crippen LogP contribution in [0.5, 0.6) is 11.5 Å². The first kappa shape index (κ1) is 17.1. The van der Waals surface area contributed by atoms with Gasteiger partial charge in [0.1, 0.15) is 11.5 Å². The monoisotopic (exact) mass is 388 g/mol. The Morgan fingerprint density at radius 1 is 0.897 bits per heavy atom. The fourth-order valence-electron chi connectivity index (χ4n) is 3.50. The van der Waals surface area contributed by atoms with E-state index in [1.54, 1.807) is 68.8 Å². The highest BCUT2D eigenvalue weighted by Gasteiger charge is 2.19. The van der Waals surface area contributed by atoms with Crippen LogP contribution >= 0.6 is 0 Å². The Morgan fingerprint density at radius 2 is 1.66 bits per heavy atom. The Balaban J connectivity index is 1.80. The highest BCUT2D eigenvalue weighted by molar-refractivity contribution is 5.94. The summed E-state index contributed by atoms with van der Waals surface area (Å²) >= 11 is 0. The third-order valence-corrected chi connectivity index (χ3v) is 4.95. The smallest absolute Gasteiger partial charge is 0.246 e. The topological polar surface area (TPSA) is 96.3 Å². The molecule has 0 atom stereocenters. The van der Waals surface area contributed by atoms with Crippen LogP contribution < -0.4 is 14.2 Å². The number of ether oxygens (including phenoxy) is 2. The maximum absolute atomic E-state index is 12.9. The van der Waals surface area contributed by atoms with Crippen LogP contribution in [-0.2, 0) is 0 Å². The average molecular weight is 388 g/mol. The van der Waals surface area contributed by atoms with Crippen molar-refractivity contribution in [3.63, 3.8) is 0 Å². The minimum Gasteiger partial charge on any atom is -0.618 e. The molecule has 8 nitrogen and oxygen atoms in total. The summed E-state index contributed by atoms with van der Waals surface area (Å²) in [5, 5.41) is 23.5. The number of hydrogen-bond acceptors (Lipinski definition) is 6. The molecule has 29 heavy (non-hydrogen) atoms. The maximum Gasteiger partial charge on any atom is 0.246 e. The molecule has 144 valence electrons. The van der Waals surface area contributed by atoms with Crippen molar-refractivity contribution in [2.45, 2.75) is 0 Å². The van der Waals surface area contributed by atoms with E-state index in [2.05, 4.69) is 9.97 Å². The molecule has 0 bridgehead atoms. The number of fused-ring (bicyclic) bond motifs is 3. The lowest BCUT2D eigenvalue weighted by Gasteiger charge is -2.09. The van der Waals surface area contributed by atoms with E-state index in [1.165, 1.54) is 0 Å². The molecule has 0 saturated carbocycles. The van der Waals surface area contributed by atoms with Crippen molar-refractivity contribution in [1.29, 1.82) is 0 Å². The van der Waals surface area contributed by atoms with Crippen LogP contribution in [0.1, 0.15) is 0 Å². The summed E-state index contributed by atoms with van der Waals surface area (Å²) < 4.78 is 12.5. The first-order valence-electron chi connectivity index (χ1n) is 8.87. The molecule has 0 spiro atoms. The standard InChI is InChI=1S/C21H16N4O4/c1-28-12-7-8-20(29-2)13(9-12)21-22-14-10-18-19(11-15(14)23-21)25(27)17-6-4-3-5-16(17)24(18)26/h3-11,26H,1-2H3. The van der Waals surface area contributed by atoms with Gasteiger partial charge in [-0.1, -0.05) is 12.1 Å². The van der Waals surface area contributed by atoms with Crippen LogP contribution in [0.15, 0.2) is 54.6 Å². The molecule has 0 aliphatic rings. The number of para-hydroxylation sites is 2. The third kappa shape index (κ3) is 2.49. The zero-order valence-electron chi connectivity index (χ0n) is 15.7. The van der Waals surface area contributed by atoms with E-state index in [4.69, 9.17) is 9.47 Å². The molecule has 0 fully saturated rings. The summed E-state index contributed by atoms with van der Waals surface area (Å²) in [7, 11) is 3.15. The highest BCUT2D eigenvalue weighted by atomic mass is 16.5. The van der Waals surface area contributed by atoms with E-state index in [9.17, 15) is 10.4 Å². The Labute approximate surface area is 164 Å². The van der Waals surface area contributed by atoms with Gasteiger partial charge in [0.15, 0.2) is 16.9 Å². The van der Waals surface area contributed by atoms with Gasteiger partial charge in [-0.25, -0.2) is 9.97 Å². The summed E-state index contributed by atoms with van der Waals surface area (Å²) in [4.78, 5) is 9.16. The number of benzene rings is 3. The molecule has 0 amide bonds. The van der Waals surface area contributed by atoms with Gasteiger partial charge in [-0.15, -0.1) is 0 Å². The average Bonchev–Trinajstić information content (AvgIpc) is 3.19. The molecule has 3 aromatic carbocycles. The van der Waals surface area contributed by atoms with Crippen molar-refractivity contribution >= 4 is 33.1 Å². The fraction of sp³-hybridized carbons (Fsp3) is 0.0952. The van der Waals surface area contributed by atoms with Crippen molar-refractivity contribution < 1.29 is 19.4 Å². The minimum atomic E-state index is 0.294. The maximum atomic E-state index is 12.9. The minimum absolute atomic E-state index is 0.294. The predicted molar refractivity (Wildman–Crippen MR) is 107 cm³/mol. The van der Waals surface area contributed by atoms with Gasteiger partial charge in [0.05, 0.1) is 30.8 Å². The van der Waals surface area contributed by atoms with Crippen LogP contribution in [0.4, 0.5) is 0 Å². The van der Waals surface area contributed by atoms with Crippen LogP contribution in [-0.4, -0.2) is 34.1 Å². The summed E-state index contributed by atoms with van der Waals surface area (Å²) in [6.07, 6.45) is 0. The lowest BCUT2D eigenvalue weighted by Crippen LogP contribution is -2.30. The van der Waals surface area contributed by atoms with Crippen LogP contribution in [0.2, 0.25) is 0 Å². The SMILES string of the molecule is COc1ccc(OC)c(-c2nc3cc4c(cc3n2)[n+]([O-])c2ccccc2n4O)c1. The van der Waals surface area contributed by atoms with Crippen molar-refractivity contribution in [1.82, 2.24) is 14.7 Å². The second-order valence-electron chi connectivity index (χ2n) is 6.54. The first-order valence-corrected chi connectivity index (χ1v) is 8.87. The molecule has 0 unspecified atom stereocenters. The van der Waals surface area contributed by atoms with Crippen molar-refractivity contribution in [2.75, 3.05) is 14.2 Å². The first-order chi connectivity index (χ1) is 14.1. The molecular weight excluding hydrogens is 372 g/mol. The summed E-state index contributed by atoms with van der Waals surface area (Å²) in [6, 6.07) is 15.5. The van der Waals surface area contributed by atoms with Gasteiger partial charge < -0.3 is 19.9 Å². The molecule has 0 radical (unpaired) electrons. The molecular formula is C21H16N4O4. The summed E-state index contributed by atoms with van der Waals surface area (Å²) in [5.41, 5.74) is 3.16. The quantitative estimate of drug-likeness (QED) is 0.220. The molecule has 2 heterocycles. The van der Waals surface area contributed by atoms with E-state index in [1.807, 2.05) is 0 Å². The van der Waals surface area contributed by atoms with Gasteiger partial charge in [-0.2, -0.15) is 9.46 Å². The largest absolute Gasteiger partial charge is 0.618 e. The normalized spacial score (nSPS) is 11.4. The van der Waals surface area contributed by atoms with E-state index >= 15 is 0 Å². The second kappa shape index (κ2) is 6.23. The number of nitrogens with zero attached hydrogens (tertiary/aromatic N) is 4. The van der Waals surface area contributed by atoms with Gasteiger partial charge in [0.25, 0.3) is 0 Å². The molecule has 5 rings (SSSR count). The van der Waals surface area contributed by atoms with E-state index in [0.29, 0.717) is 56.0 Å². The number of hydrogen-bond donors (Lipinski definition) is 1. The van der Waals surface area contributed by atoms with Gasteiger partial charge in [0.2, 0.25) is 11.0 Å². The number of imidazole rings is 1. The summed E-state index contributed by atoms with van der Waals surface area (Å²) in [6.45, 7) is 0. The Kier molecular flexibility index (Phi) is 3.67. The third-order valence-electron chi connectivity index (χ3n) is 4.95. The number of rotatable bonds is 3. The van der Waals surface area contributed by atoms with Crippen LogP contribution in [0.25, 0.3) is 44.5 Å².